The number of nitrogens with zero attached hydrogens (tertiary/aromatic N) is 3. The second-order valence-corrected chi connectivity index (χ2v) is 9.47. The molecule has 0 radical (unpaired) electrons. The summed E-state index contributed by atoms with van der Waals surface area (Å²) in [6.45, 7) is 4.15. The molecule has 11 heteroatoms. The average Bonchev–Trinajstić information content (AvgIpc) is 3.28. The maximum Gasteiger partial charge on any atom is 0.341 e. The van der Waals surface area contributed by atoms with Gasteiger partial charge in [0.25, 0.3) is 0 Å². The van der Waals surface area contributed by atoms with E-state index in [1.807, 2.05) is 38.2 Å². The van der Waals surface area contributed by atoms with Crippen molar-refractivity contribution in [3.63, 3.8) is 0 Å². The van der Waals surface area contributed by atoms with Crippen molar-refractivity contribution in [3.8, 4) is 5.75 Å². The van der Waals surface area contributed by atoms with E-state index < -0.39 is 5.97 Å². The number of amides is 1. The Morgan fingerprint density at radius 2 is 2.00 bits per heavy atom. The molecule has 0 unspecified atom stereocenters. The molecule has 2 heterocycles. The molecule has 0 aliphatic heterocycles. The Balaban J connectivity index is 1.55. The van der Waals surface area contributed by atoms with Crippen molar-refractivity contribution in [2.45, 2.75) is 25.6 Å². The van der Waals surface area contributed by atoms with Gasteiger partial charge in [0.1, 0.15) is 17.4 Å². The quantitative estimate of drug-likeness (QED) is 0.326. The summed E-state index contributed by atoms with van der Waals surface area (Å²) >= 11 is 5.98. The minimum absolute atomic E-state index is 0.124. The van der Waals surface area contributed by atoms with Crippen LogP contribution in [-0.2, 0) is 23.2 Å². The summed E-state index contributed by atoms with van der Waals surface area (Å²) in [6.07, 6.45) is 0. The number of esters is 1. The normalized spacial score (nSPS) is 10.7. The highest BCUT2D eigenvalue weighted by Gasteiger charge is 2.19. The van der Waals surface area contributed by atoms with E-state index in [9.17, 15) is 9.59 Å². The maximum atomic E-state index is 12.4. The van der Waals surface area contributed by atoms with E-state index in [4.69, 9.17) is 9.47 Å². The molecule has 1 amide bonds. The SMILES string of the molecule is CCOC(=O)c1cc(C)sc1NC(=O)CSc1nnc(COc2ccc(Br)cc2)n1C. The number of aryl methyl sites for hydroxylation is 1. The number of carbonyl (C=O) groups is 2. The van der Waals surface area contributed by atoms with Crippen LogP contribution in [-0.4, -0.2) is 39.0 Å². The number of aromatic nitrogens is 3. The highest BCUT2D eigenvalue weighted by atomic mass is 79.9. The van der Waals surface area contributed by atoms with Gasteiger partial charge in [0, 0.05) is 16.4 Å². The lowest BCUT2D eigenvalue weighted by atomic mass is 10.3. The first-order chi connectivity index (χ1) is 14.9. The van der Waals surface area contributed by atoms with Crippen molar-refractivity contribution >= 4 is 55.9 Å². The predicted octanol–water partition coefficient (Wildman–Crippen LogP) is 4.43. The number of ether oxygens (including phenoxy) is 2. The van der Waals surface area contributed by atoms with E-state index in [-0.39, 0.29) is 24.9 Å². The monoisotopic (exact) mass is 524 g/mol. The summed E-state index contributed by atoms with van der Waals surface area (Å²) in [4.78, 5) is 25.4. The van der Waals surface area contributed by atoms with E-state index in [1.54, 1.807) is 17.6 Å². The second-order valence-electron chi connectivity index (χ2n) is 6.36. The smallest absolute Gasteiger partial charge is 0.341 e. The molecule has 164 valence electrons. The van der Waals surface area contributed by atoms with Gasteiger partial charge in [-0.3, -0.25) is 4.79 Å². The molecule has 0 atom stereocenters. The van der Waals surface area contributed by atoms with Crippen molar-refractivity contribution in [2.75, 3.05) is 17.7 Å². The lowest BCUT2D eigenvalue weighted by Gasteiger charge is -2.07. The molecule has 0 aliphatic carbocycles. The fraction of sp³-hybridized carbons (Fsp3) is 0.300. The molecule has 0 saturated heterocycles. The lowest BCUT2D eigenvalue weighted by molar-refractivity contribution is -0.113. The Labute approximate surface area is 196 Å². The number of hydrogen-bond donors (Lipinski definition) is 1. The van der Waals surface area contributed by atoms with Crippen LogP contribution in [0.1, 0.15) is 28.0 Å². The molecule has 31 heavy (non-hydrogen) atoms. The number of anilines is 1. The summed E-state index contributed by atoms with van der Waals surface area (Å²) in [7, 11) is 1.82. The van der Waals surface area contributed by atoms with Gasteiger partial charge in [-0.15, -0.1) is 21.5 Å². The summed E-state index contributed by atoms with van der Waals surface area (Å²) in [6, 6.07) is 9.23. The molecule has 1 aromatic carbocycles. The Hall–Kier alpha value is -2.37. The van der Waals surface area contributed by atoms with E-state index in [0.29, 0.717) is 21.5 Å². The summed E-state index contributed by atoms with van der Waals surface area (Å²) in [5, 5.41) is 12.1. The molecule has 0 fully saturated rings. The standard InChI is InChI=1S/C20H21BrN4O4S2/c1-4-28-19(27)15-9-12(2)31-18(15)22-17(26)11-30-20-24-23-16(25(20)3)10-29-14-7-5-13(21)6-8-14/h5-9H,4,10-11H2,1-3H3,(H,22,26). The van der Waals surface area contributed by atoms with Crippen molar-refractivity contribution in [2.24, 2.45) is 7.05 Å². The van der Waals surface area contributed by atoms with Crippen LogP contribution in [0.2, 0.25) is 0 Å². The minimum atomic E-state index is -0.446. The molecular formula is C20H21BrN4O4S2. The number of benzene rings is 1. The summed E-state index contributed by atoms with van der Waals surface area (Å²) in [5.74, 6) is 0.804. The van der Waals surface area contributed by atoms with E-state index in [0.717, 1.165) is 15.1 Å². The number of thioether (sulfide) groups is 1. The number of carbonyl (C=O) groups excluding carboxylic acids is 2. The molecule has 2 aromatic heterocycles. The Bertz CT molecular complexity index is 1070. The van der Waals surface area contributed by atoms with Gasteiger partial charge < -0.3 is 19.4 Å². The molecule has 0 bridgehead atoms. The Morgan fingerprint density at radius 1 is 1.26 bits per heavy atom. The Kier molecular flexibility index (Phi) is 8.10. The van der Waals surface area contributed by atoms with Crippen LogP contribution in [0.4, 0.5) is 5.00 Å². The van der Waals surface area contributed by atoms with Gasteiger partial charge >= 0.3 is 5.97 Å². The third-order valence-corrected chi connectivity index (χ3v) is 6.56. The zero-order valence-corrected chi connectivity index (χ0v) is 20.4. The summed E-state index contributed by atoms with van der Waals surface area (Å²) < 4.78 is 13.5. The largest absolute Gasteiger partial charge is 0.486 e. The molecule has 0 spiro atoms. The van der Waals surface area contributed by atoms with Crippen molar-refractivity contribution in [1.29, 1.82) is 0 Å². The number of halogens is 1. The van der Waals surface area contributed by atoms with Gasteiger partial charge in [0.15, 0.2) is 11.0 Å². The van der Waals surface area contributed by atoms with Crippen molar-refractivity contribution < 1.29 is 19.1 Å². The number of rotatable bonds is 9. The molecular weight excluding hydrogens is 504 g/mol. The molecule has 3 rings (SSSR count). The fourth-order valence-corrected chi connectivity index (χ4v) is 4.45. The van der Waals surface area contributed by atoms with E-state index >= 15 is 0 Å². The zero-order chi connectivity index (χ0) is 22.4. The third-order valence-electron chi connectivity index (χ3n) is 4.04. The maximum absolute atomic E-state index is 12.4. The number of thiophene rings is 1. The van der Waals surface area contributed by atoms with Crippen LogP contribution >= 0.6 is 39.0 Å². The van der Waals surface area contributed by atoms with Gasteiger partial charge in [0.05, 0.1) is 17.9 Å². The second kappa shape index (κ2) is 10.8. The van der Waals surface area contributed by atoms with Gasteiger partial charge in [-0.2, -0.15) is 0 Å². The van der Waals surface area contributed by atoms with Crippen molar-refractivity contribution in [1.82, 2.24) is 14.8 Å². The highest BCUT2D eigenvalue weighted by molar-refractivity contribution is 9.10. The van der Waals surface area contributed by atoms with E-state index in [1.165, 1.54) is 23.1 Å². The first-order valence-electron chi connectivity index (χ1n) is 9.34. The van der Waals surface area contributed by atoms with Crippen LogP contribution < -0.4 is 10.1 Å². The number of hydrogen-bond acceptors (Lipinski definition) is 8. The number of nitrogens with one attached hydrogen (secondary N) is 1. The molecule has 3 aromatic rings. The van der Waals surface area contributed by atoms with Crippen molar-refractivity contribution in [3.05, 3.63) is 51.1 Å². The molecule has 1 N–H and O–H groups in total. The van der Waals surface area contributed by atoms with Crippen LogP contribution in [0.15, 0.2) is 40.0 Å². The summed E-state index contributed by atoms with van der Waals surface area (Å²) in [5.41, 5.74) is 0.369. The highest BCUT2D eigenvalue weighted by Crippen LogP contribution is 2.29. The average molecular weight is 525 g/mol. The van der Waals surface area contributed by atoms with E-state index in [2.05, 4.69) is 31.4 Å². The Morgan fingerprint density at radius 3 is 2.71 bits per heavy atom. The van der Waals surface area contributed by atoms with Gasteiger partial charge in [0.2, 0.25) is 5.91 Å². The van der Waals surface area contributed by atoms with Crippen LogP contribution in [0.25, 0.3) is 0 Å². The zero-order valence-electron chi connectivity index (χ0n) is 17.2. The van der Waals surface area contributed by atoms with Crippen LogP contribution in [0.5, 0.6) is 5.75 Å². The van der Waals surface area contributed by atoms with Gasteiger partial charge in [-0.05, 0) is 44.2 Å². The first-order valence-corrected chi connectivity index (χ1v) is 11.9. The third kappa shape index (κ3) is 6.31. The molecule has 8 nitrogen and oxygen atoms in total. The van der Waals surface area contributed by atoms with Crippen LogP contribution in [0.3, 0.4) is 0 Å². The first kappa shape index (κ1) is 23.3. The fourth-order valence-electron chi connectivity index (χ4n) is 2.54. The minimum Gasteiger partial charge on any atom is -0.486 e. The van der Waals surface area contributed by atoms with Gasteiger partial charge in [-0.25, -0.2) is 4.79 Å². The van der Waals surface area contributed by atoms with Gasteiger partial charge in [-0.1, -0.05) is 27.7 Å². The molecule has 0 aliphatic rings. The van der Waals surface area contributed by atoms with Crippen LogP contribution in [0, 0.1) is 6.92 Å². The lowest BCUT2D eigenvalue weighted by Crippen LogP contribution is -2.16. The molecule has 0 saturated carbocycles. The predicted molar refractivity (Wildman–Crippen MR) is 124 cm³/mol. The topological polar surface area (TPSA) is 95.3 Å².